The summed E-state index contributed by atoms with van der Waals surface area (Å²) in [6, 6.07) is 9.91. The highest BCUT2D eigenvalue weighted by Crippen LogP contribution is 2.24. The molecule has 1 heterocycles. The molecule has 1 amide bonds. The molecule has 1 aromatic carbocycles. The van der Waals surface area contributed by atoms with E-state index in [-0.39, 0.29) is 24.2 Å². The number of nitrogens with two attached hydrogens (primary N) is 1. The van der Waals surface area contributed by atoms with Crippen LogP contribution in [0.4, 0.5) is 5.82 Å². The smallest absolute Gasteiger partial charge is 0.229 e. The number of rotatable bonds is 4. The molecule has 1 atom stereocenters. The fraction of sp³-hybridized carbons (Fsp3) is 0.333. The molecule has 2 rings (SSSR count). The van der Waals surface area contributed by atoms with Crippen molar-refractivity contribution < 1.29 is 4.79 Å². The topological polar surface area (TPSA) is 72.9 Å². The maximum absolute atomic E-state index is 11.9. The van der Waals surface area contributed by atoms with E-state index in [1.165, 1.54) is 0 Å². The molecule has 0 aliphatic heterocycles. The highest BCUT2D eigenvalue weighted by Gasteiger charge is 2.15. The van der Waals surface area contributed by atoms with Crippen LogP contribution < -0.4 is 11.1 Å². The Hall–Kier alpha value is -1.85. The minimum absolute atomic E-state index is 0. The third-order valence-corrected chi connectivity index (χ3v) is 3.35. The predicted molar refractivity (Wildman–Crippen MR) is 87.5 cm³/mol. The van der Waals surface area contributed by atoms with Gasteiger partial charge in [-0.25, -0.2) is 0 Å². The molecule has 3 N–H and O–H groups in total. The summed E-state index contributed by atoms with van der Waals surface area (Å²) in [6.07, 6.45) is 0. The quantitative estimate of drug-likeness (QED) is 0.910. The third kappa shape index (κ3) is 3.83. The SMILES string of the molecule is Cc1ccccc1-c1cc(NC(=O)C(C)CN)n(C)n1.Cl. The van der Waals surface area contributed by atoms with Gasteiger partial charge in [0.25, 0.3) is 0 Å². The van der Waals surface area contributed by atoms with Crippen molar-refractivity contribution in [1.29, 1.82) is 0 Å². The van der Waals surface area contributed by atoms with E-state index in [0.717, 1.165) is 16.8 Å². The molecule has 114 valence electrons. The number of nitrogens with one attached hydrogen (secondary N) is 1. The summed E-state index contributed by atoms with van der Waals surface area (Å²) in [5.41, 5.74) is 8.56. The second kappa shape index (κ2) is 7.24. The van der Waals surface area contributed by atoms with E-state index in [9.17, 15) is 4.79 Å². The fourth-order valence-electron chi connectivity index (χ4n) is 1.93. The van der Waals surface area contributed by atoms with E-state index >= 15 is 0 Å². The zero-order valence-corrected chi connectivity index (χ0v) is 13.3. The minimum atomic E-state index is -0.216. The maximum atomic E-state index is 11.9. The largest absolute Gasteiger partial charge is 0.330 e. The van der Waals surface area contributed by atoms with E-state index in [0.29, 0.717) is 12.4 Å². The standard InChI is InChI=1S/C15H20N4O.ClH/c1-10-6-4-5-7-12(10)13-8-14(19(3)18-13)17-15(20)11(2)9-16;/h4-8,11H,9,16H2,1-3H3,(H,17,20);1H. The van der Waals surface area contributed by atoms with Crippen molar-refractivity contribution in [3.8, 4) is 11.3 Å². The van der Waals surface area contributed by atoms with Gasteiger partial charge in [-0.2, -0.15) is 5.10 Å². The summed E-state index contributed by atoms with van der Waals surface area (Å²) in [6.45, 7) is 4.17. The van der Waals surface area contributed by atoms with Crippen LogP contribution in [0, 0.1) is 12.8 Å². The van der Waals surface area contributed by atoms with Crippen molar-refractivity contribution in [2.24, 2.45) is 18.7 Å². The van der Waals surface area contributed by atoms with Crippen LogP contribution in [0.1, 0.15) is 12.5 Å². The number of aryl methyl sites for hydroxylation is 2. The average Bonchev–Trinajstić information content (AvgIpc) is 2.79. The van der Waals surface area contributed by atoms with E-state index in [1.54, 1.807) is 11.6 Å². The normalized spacial score (nSPS) is 11.6. The van der Waals surface area contributed by atoms with Crippen LogP contribution in [0.2, 0.25) is 0 Å². The molecular weight excluding hydrogens is 288 g/mol. The molecule has 0 bridgehead atoms. The number of carbonyl (C=O) groups excluding carboxylic acids is 1. The maximum Gasteiger partial charge on any atom is 0.229 e. The number of halogens is 1. The van der Waals surface area contributed by atoms with E-state index < -0.39 is 0 Å². The van der Waals surface area contributed by atoms with Crippen molar-refractivity contribution in [2.45, 2.75) is 13.8 Å². The van der Waals surface area contributed by atoms with Crippen LogP contribution in [0.3, 0.4) is 0 Å². The van der Waals surface area contributed by atoms with E-state index in [1.807, 2.05) is 44.3 Å². The first-order chi connectivity index (χ1) is 9.52. The molecule has 2 aromatic rings. The molecule has 1 unspecified atom stereocenters. The Labute approximate surface area is 130 Å². The highest BCUT2D eigenvalue weighted by molar-refractivity contribution is 5.92. The zero-order chi connectivity index (χ0) is 14.7. The zero-order valence-electron chi connectivity index (χ0n) is 12.5. The van der Waals surface area contributed by atoms with Gasteiger partial charge in [0, 0.05) is 31.1 Å². The number of anilines is 1. The molecule has 0 saturated heterocycles. The Morgan fingerprint density at radius 2 is 2.10 bits per heavy atom. The number of aromatic nitrogens is 2. The van der Waals surface area contributed by atoms with Gasteiger partial charge in [0.05, 0.1) is 5.69 Å². The van der Waals surface area contributed by atoms with Crippen LogP contribution in [0.15, 0.2) is 30.3 Å². The lowest BCUT2D eigenvalue weighted by atomic mass is 10.1. The molecule has 0 fully saturated rings. The number of nitrogens with zero attached hydrogens (tertiary/aromatic N) is 2. The van der Waals surface area contributed by atoms with Gasteiger partial charge in [-0.15, -0.1) is 12.4 Å². The van der Waals surface area contributed by atoms with Gasteiger partial charge in [0.1, 0.15) is 5.82 Å². The molecule has 1 aromatic heterocycles. The molecule has 0 spiro atoms. The molecule has 0 saturated carbocycles. The third-order valence-electron chi connectivity index (χ3n) is 3.35. The summed E-state index contributed by atoms with van der Waals surface area (Å²) in [7, 11) is 1.81. The van der Waals surface area contributed by atoms with Crippen molar-refractivity contribution in [3.05, 3.63) is 35.9 Å². The summed E-state index contributed by atoms with van der Waals surface area (Å²) in [5, 5.41) is 7.30. The highest BCUT2D eigenvalue weighted by atomic mass is 35.5. The summed E-state index contributed by atoms with van der Waals surface area (Å²) in [5.74, 6) is 0.368. The van der Waals surface area contributed by atoms with E-state index in [4.69, 9.17) is 5.73 Å². The van der Waals surface area contributed by atoms with Gasteiger partial charge in [0.2, 0.25) is 5.91 Å². The second-order valence-electron chi connectivity index (χ2n) is 4.98. The summed E-state index contributed by atoms with van der Waals surface area (Å²) in [4.78, 5) is 11.9. The lowest BCUT2D eigenvalue weighted by Gasteiger charge is -2.09. The first-order valence-electron chi connectivity index (χ1n) is 6.64. The average molecular weight is 309 g/mol. The van der Waals surface area contributed by atoms with E-state index in [2.05, 4.69) is 10.4 Å². The Morgan fingerprint density at radius 3 is 2.71 bits per heavy atom. The van der Waals surface area contributed by atoms with Crippen LogP contribution in [0.25, 0.3) is 11.3 Å². The summed E-state index contributed by atoms with van der Waals surface area (Å²) < 4.78 is 1.67. The Balaban J connectivity index is 0.00000220. The predicted octanol–water partition coefficient (Wildman–Crippen LogP) is 2.35. The molecule has 0 radical (unpaired) electrons. The van der Waals surface area contributed by atoms with Crippen molar-refractivity contribution in [1.82, 2.24) is 9.78 Å². The van der Waals surface area contributed by atoms with Crippen molar-refractivity contribution >= 4 is 24.1 Å². The van der Waals surface area contributed by atoms with Crippen molar-refractivity contribution in [2.75, 3.05) is 11.9 Å². The monoisotopic (exact) mass is 308 g/mol. The Kier molecular flexibility index (Phi) is 5.93. The molecule has 0 aliphatic carbocycles. The van der Waals surface area contributed by atoms with Gasteiger partial charge in [-0.1, -0.05) is 31.2 Å². The Morgan fingerprint density at radius 1 is 1.43 bits per heavy atom. The fourth-order valence-corrected chi connectivity index (χ4v) is 1.93. The molecule has 0 aliphatic rings. The molecular formula is C15H21ClN4O. The number of hydrogen-bond donors (Lipinski definition) is 2. The lowest BCUT2D eigenvalue weighted by Crippen LogP contribution is -2.27. The molecule has 5 nitrogen and oxygen atoms in total. The minimum Gasteiger partial charge on any atom is -0.330 e. The van der Waals surface area contributed by atoms with Crippen LogP contribution >= 0.6 is 12.4 Å². The van der Waals surface area contributed by atoms with Crippen LogP contribution in [0.5, 0.6) is 0 Å². The van der Waals surface area contributed by atoms with Crippen LogP contribution in [-0.2, 0) is 11.8 Å². The van der Waals surface area contributed by atoms with Gasteiger partial charge in [-0.05, 0) is 12.5 Å². The van der Waals surface area contributed by atoms with Gasteiger partial charge >= 0.3 is 0 Å². The molecule has 21 heavy (non-hydrogen) atoms. The first-order valence-corrected chi connectivity index (χ1v) is 6.64. The number of amides is 1. The van der Waals surface area contributed by atoms with Gasteiger partial charge in [0.15, 0.2) is 0 Å². The number of benzene rings is 1. The van der Waals surface area contributed by atoms with Gasteiger partial charge < -0.3 is 11.1 Å². The summed E-state index contributed by atoms with van der Waals surface area (Å²) >= 11 is 0. The molecule has 6 heteroatoms. The van der Waals surface area contributed by atoms with Crippen LogP contribution in [-0.4, -0.2) is 22.2 Å². The van der Waals surface area contributed by atoms with Crippen molar-refractivity contribution in [3.63, 3.8) is 0 Å². The lowest BCUT2D eigenvalue weighted by molar-refractivity contribution is -0.119. The number of carbonyl (C=O) groups is 1. The Bertz CT molecular complexity index is 624. The van der Waals surface area contributed by atoms with Gasteiger partial charge in [-0.3, -0.25) is 9.48 Å². The number of hydrogen-bond acceptors (Lipinski definition) is 3. The second-order valence-corrected chi connectivity index (χ2v) is 4.98. The first kappa shape index (κ1) is 17.2.